The summed E-state index contributed by atoms with van der Waals surface area (Å²) in [7, 11) is 0. The van der Waals surface area contributed by atoms with Gasteiger partial charge in [-0.15, -0.1) is 0 Å². The van der Waals surface area contributed by atoms with Crippen molar-refractivity contribution in [3.05, 3.63) is 11.3 Å². The van der Waals surface area contributed by atoms with Gasteiger partial charge in [0.2, 0.25) is 0 Å². The normalized spacial score (nSPS) is 59.4. The van der Waals surface area contributed by atoms with E-state index in [0.29, 0.717) is 18.9 Å². The van der Waals surface area contributed by atoms with Crippen molar-refractivity contribution in [2.75, 3.05) is 13.2 Å². The van der Waals surface area contributed by atoms with E-state index >= 15 is 0 Å². The highest BCUT2D eigenvalue weighted by molar-refractivity contribution is 5.40. The minimum absolute atomic E-state index is 0.0631. The van der Waals surface area contributed by atoms with Gasteiger partial charge in [-0.05, 0) is 67.3 Å². The molecule has 3 fully saturated rings. The molecule has 0 aromatic rings. The topological polar surface area (TPSA) is 90.2 Å². The van der Waals surface area contributed by atoms with Gasteiger partial charge in [-0.1, -0.05) is 6.92 Å². The predicted octanol–water partition coefficient (Wildman–Crippen LogP) is 1.34. The molecule has 0 aromatic carbocycles. The third-order valence-electron chi connectivity index (χ3n) is 9.19. The van der Waals surface area contributed by atoms with Crippen LogP contribution in [0.25, 0.3) is 0 Å². The minimum atomic E-state index is -1.37. The molecule has 5 aliphatic rings. The molecule has 25 heavy (non-hydrogen) atoms. The van der Waals surface area contributed by atoms with Crippen LogP contribution in [0.3, 0.4) is 0 Å². The molecule has 5 nitrogen and oxygen atoms in total. The lowest BCUT2D eigenvalue weighted by Crippen LogP contribution is -2.61. The standard InChI is InChI=1S/C20H30O5/c1-17-10-25-13-6-11-5-12-7-19(11,8-15(23)20(12,24)9-21)18(2,16(13)17)4-3-14(17)22/h11-12,14-15,21-24H,3-10H2,1-2H3/t11-,12-,14-,15-,17-,18+,19-,20+/m1/s1. The van der Waals surface area contributed by atoms with E-state index in [4.69, 9.17) is 4.74 Å². The van der Waals surface area contributed by atoms with Crippen LogP contribution < -0.4 is 0 Å². The molecule has 1 spiro atoms. The molecule has 0 unspecified atom stereocenters. The van der Waals surface area contributed by atoms with Crippen LogP contribution in [0.5, 0.6) is 0 Å². The molecule has 1 heterocycles. The molecule has 0 saturated heterocycles. The summed E-state index contributed by atoms with van der Waals surface area (Å²) in [6, 6.07) is 0. The number of hydrogen-bond donors (Lipinski definition) is 4. The lowest BCUT2D eigenvalue weighted by atomic mass is 9.42. The number of ether oxygens (including phenoxy) is 1. The van der Waals surface area contributed by atoms with Gasteiger partial charge >= 0.3 is 0 Å². The Bertz CT molecular complexity index is 660. The second kappa shape index (κ2) is 4.61. The van der Waals surface area contributed by atoms with Crippen molar-refractivity contribution in [2.45, 2.75) is 70.2 Å². The summed E-state index contributed by atoms with van der Waals surface area (Å²) in [4.78, 5) is 0. The summed E-state index contributed by atoms with van der Waals surface area (Å²) in [5.74, 6) is 1.37. The van der Waals surface area contributed by atoms with Crippen molar-refractivity contribution >= 4 is 0 Å². The lowest BCUT2D eigenvalue weighted by molar-refractivity contribution is -0.188. The highest BCUT2D eigenvalue weighted by atomic mass is 16.5. The number of fused-ring (bicyclic) bond motifs is 1. The average Bonchev–Trinajstić information content (AvgIpc) is 3.10. The molecule has 0 amide bonds. The van der Waals surface area contributed by atoms with Gasteiger partial charge in [-0.2, -0.15) is 0 Å². The van der Waals surface area contributed by atoms with Gasteiger partial charge in [-0.25, -0.2) is 0 Å². The molecule has 8 atom stereocenters. The van der Waals surface area contributed by atoms with Crippen LogP contribution in [0.1, 0.15) is 52.4 Å². The second-order valence-corrected chi connectivity index (χ2v) is 9.95. The number of hydrogen-bond acceptors (Lipinski definition) is 5. The Labute approximate surface area is 148 Å². The first-order valence-electron chi connectivity index (χ1n) is 9.77. The van der Waals surface area contributed by atoms with E-state index in [0.717, 1.165) is 37.9 Å². The van der Waals surface area contributed by atoms with Gasteiger partial charge in [-0.3, -0.25) is 0 Å². The van der Waals surface area contributed by atoms with Crippen LogP contribution in [-0.2, 0) is 4.74 Å². The van der Waals surface area contributed by atoms with Gasteiger partial charge < -0.3 is 25.2 Å². The van der Waals surface area contributed by atoms with Crippen molar-refractivity contribution in [1.29, 1.82) is 0 Å². The highest BCUT2D eigenvalue weighted by Crippen LogP contribution is 2.76. The fraction of sp³-hybridized carbons (Fsp3) is 0.900. The number of allylic oxidation sites excluding steroid dienone is 1. The Hall–Kier alpha value is -0.620. The van der Waals surface area contributed by atoms with Crippen molar-refractivity contribution in [2.24, 2.45) is 28.1 Å². The zero-order valence-electron chi connectivity index (χ0n) is 15.2. The van der Waals surface area contributed by atoms with Crippen LogP contribution in [0.4, 0.5) is 0 Å². The van der Waals surface area contributed by atoms with Gasteiger partial charge in [0.05, 0.1) is 36.6 Å². The van der Waals surface area contributed by atoms with Crippen LogP contribution in [0.2, 0.25) is 0 Å². The zero-order chi connectivity index (χ0) is 17.8. The first-order chi connectivity index (χ1) is 11.7. The number of aliphatic hydroxyl groups is 4. The fourth-order valence-corrected chi connectivity index (χ4v) is 7.75. The SMILES string of the molecule is C[C@]12COC3=C1[C@](C)(CC[C@H]2O)[C@@]12C[C@@H](C[C@@H]1C3)[C@@](O)(CO)[C@H](O)C2. The maximum atomic E-state index is 10.9. The predicted molar refractivity (Wildman–Crippen MR) is 90.4 cm³/mol. The van der Waals surface area contributed by atoms with E-state index in [2.05, 4.69) is 13.8 Å². The first kappa shape index (κ1) is 16.5. The Balaban J connectivity index is 1.66. The van der Waals surface area contributed by atoms with E-state index in [1.54, 1.807) is 0 Å². The second-order valence-electron chi connectivity index (χ2n) is 9.95. The smallest absolute Gasteiger partial charge is 0.116 e. The third kappa shape index (κ3) is 1.61. The molecule has 0 aromatic heterocycles. The molecular weight excluding hydrogens is 320 g/mol. The summed E-state index contributed by atoms with van der Waals surface area (Å²) in [5, 5.41) is 42.2. The molecule has 5 heteroatoms. The fourth-order valence-electron chi connectivity index (χ4n) is 7.75. The molecule has 2 bridgehead atoms. The van der Waals surface area contributed by atoms with E-state index in [1.807, 2.05) is 0 Å². The summed E-state index contributed by atoms with van der Waals surface area (Å²) in [5.41, 5.74) is -0.580. The van der Waals surface area contributed by atoms with Crippen LogP contribution in [-0.4, -0.2) is 51.4 Å². The molecule has 4 N–H and O–H groups in total. The maximum absolute atomic E-state index is 10.9. The van der Waals surface area contributed by atoms with Crippen molar-refractivity contribution < 1.29 is 25.2 Å². The van der Waals surface area contributed by atoms with Crippen molar-refractivity contribution in [3.8, 4) is 0 Å². The number of rotatable bonds is 1. The molecule has 3 saturated carbocycles. The number of aliphatic hydroxyl groups excluding tert-OH is 3. The molecular formula is C20H30O5. The molecule has 0 radical (unpaired) electrons. The summed E-state index contributed by atoms with van der Waals surface area (Å²) in [6.45, 7) is 4.62. The molecule has 1 aliphatic heterocycles. The van der Waals surface area contributed by atoms with Crippen LogP contribution in [0, 0.1) is 28.1 Å². The Kier molecular flexibility index (Phi) is 3.05. The summed E-state index contributed by atoms with van der Waals surface area (Å²) >= 11 is 0. The van der Waals surface area contributed by atoms with E-state index in [9.17, 15) is 20.4 Å². The highest BCUT2D eigenvalue weighted by Gasteiger charge is 2.72. The third-order valence-corrected chi connectivity index (χ3v) is 9.19. The van der Waals surface area contributed by atoms with E-state index in [-0.39, 0.29) is 34.9 Å². The minimum Gasteiger partial charge on any atom is -0.497 e. The first-order valence-corrected chi connectivity index (χ1v) is 9.77. The Morgan fingerprint density at radius 2 is 1.88 bits per heavy atom. The molecule has 4 aliphatic carbocycles. The Morgan fingerprint density at radius 3 is 2.60 bits per heavy atom. The summed E-state index contributed by atoms with van der Waals surface area (Å²) < 4.78 is 6.11. The lowest BCUT2D eigenvalue weighted by Gasteiger charge is -2.62. The van der Waals surface area contributed by atoms with Crippen molar-refractivity contribution in [3.63, 3.8) is 0 Å². The van der Waals surface area contributed by atoms with Gasteiger partial charge in [0, 0.05) is 6.42 Å². The van der Waals surface area contributed by atoms with Gasteiger partial charge in [0.15, 0.2) is 0 Å². The molecule has 5 rings (SSSR count). The van der Waals surface area contributed by atoms with Crippen molar-refractivity contribution in [1.82, 2.24) is 0 Å². The molecule has 140 valence electrons. The monoisotopic (exact) mass is 350 g/mol. The van der Waals surface area contributed by atoms with Gasteiger partial charge in [0.25, 0.3) is 0 Å². The van der Waals surface area contributed by atoms with Crippen LogP contribution >= 0.6 is 0 Å². The van der Waals surface area contributed by atoms with E-state index in [1.165, 1.54) is 5.57 Å². The summed E-state index contributed by atoms with van der Waals surface area (Å²) in [6.07, 6.45) is 3.46. The largest absolute Gasteiger partial charge is 0.497 e. The average molecular weight is 350 g/mol. The van der Waals surface area contributed by atoms with Gasteiger partial charge in [0.1, 0.15) is 5.60 Å². The maximum Gasteiger partial charge on any atom is 0.116 e. The van der Waals surface area contributed by atoms with Crippen LogP contribution in [0.15, 0.2) is 11.3 Å². The zero-order valence-corrected chi connectivity index (χ0v) is 15.2. The quantitative estimate of drug-likeness (QED) is 0.573. The Morgan fingerprint density at radius 1 is 1.12 bits per heavy atom. The van der Waals surface area contributed by atoms with E-state index < -0.39 is 11.7 Å².